The van der Waals surface area contributed by atoms with Crippen LogP contribution in [0, 0.1) is 0 Å². The van der Waals surface area contributed by atoms with Gasteiger partial charge in [-0.2, -0.15) is 0 Å². The molecule has 9 heavy (non-hydrogen) atoms. The molecule has 0 atom stereocenters. The van der Waals surface area contributed by atoms with E-state index in [9.17, 15) is 0 Å². The lowest BCUT2D eigenvalue weighted by Crippen LogP contribution is -2.00. The van der Waals surface area contributed by atoms with Crippen molar-refractivity contribution >= 4 is 0 Å². The molecule has 0 saturated heterocycles. The van der Waals surface area contributed by atoms with Crippen molar-refractivity contribution in [3.8, 4) is 0 Å². The topological polar surface area (TPSA) is 12.0 Å². The average Bonchev–Trinajstić information content (AvgIpc) is 1.91. The van der Waals surface area contributed by atoms with Crippen molar-refractivity contribution < 1.29 is 0 Å². The number of likely N-dealkylation sites (N-methyl/N-ethyl adjacent to an activating group) is 1. The van der Waals surface area contributed by atoms with Gasteiger partial charge in [0.2, 0.25) is 0 Å². The van der Waals surface area contributed by atoms with E-state index in [2.05, 4.69) is 23.4 Å². The molecule has 0 unspecified atom stereocenters. The molecule has 1 heteroatoms. The van der Waals surface area contributed by atoms with Crippen molar-refractivity contribution in [3.05, 3.63) is 35.9 Å². The Bertz CT molecular complexity index is 177. The molecule has 0 aromatic heterocycles. The molecular formula is C8H11N. The quantitative estimate of drug-likeness (QED) is 0.432. The van der Waals surface area contributed by atoms with Crippen molar-refractivity contribution in [1.82, 2.24) is 5.32 Å². The van der Waals surface area contributed by atoms with E-state index in [1.165, 1.54) is 0 Å². The molecule has 0 aromatic rings. The Hall–Kier alpha value is -1.16. The summed E-state index contributed by atoms with van der Waals surface area (Å²) >= 11 is 0. The van der Waals surface area contributed by atoms with E-state index >= 15 is 0 Å². The highest BCUT2D eigenvalue weighted by Gasteiger charge is 1.75. The third-order valence-corrected chi connectivity index (χ3v) is 0.825. The van der Waals surface area contributed by atoms with Gasteiger partial charge in [0.05, 0.1) is 5.70 Å². The summed E-state index contributed by atoms with van der Waals surface area (Å²) in [5.74, 6) is 0. The van der Waals surface area contributed by atoms with Crippen molar-refractivity contribution in [3.63, 3.8) is 0 Å². The van der Waals surface area contributed by atoms with Crippen LogP contribution in [0.1, 0.15) is 6.92 Å². The van der Waals surface area contributed by atoms with Crippen LogP contribution < -0.4 is 5.32 Å². The summed E-state index contributed by atoms with van der Waals surface area (Å²) in [5, 5.41) is 2.89. The molecule has 0 aliphatic rings. The Balaban J connectivity index is 4.43. The van der Waals surface area contributed by atoms with Crippen LogP contribution in [0.3, 0.4) is 0 Å². The fourth-order valence-electron chi connectivity index (χ4n) is 0.366. The van der Waals surface area contributed by atoms with Crippen LogP contribution in [0.4, 0.5) is 0 Å². The summed E-state index contributed by atoms with van der Waals surface area (Å²) in [6.45, 7) is 5.46. The third kappa shape index (κ3) is 3.42. The van der Waals surface area contributed by atoms with E-state index in [0.29, 0.717) is 0 Å². The number of rotatable bonds is 2. The zero-order valence-corrected chi connectivity index (χ0v) is 5.86. The minimum Gasteiger partial charge on any atom is -0.381 e. The first kappa shape index (κ1) is 7.84. The summed E-state index contributed by atoms with van der Waals surface area (Å²) < 4.78 is 0. The van der Waals surface area contributed by atoms with Crippen LogP contribution in [-0.2, 0) is 0 Å². The second kappa shape index (κ2) is 4.99. The molecule has 0 aliphatic carbocycles. The predicted molar refractivity (Wildman–Crippen MR) is 40.0 cm³/mol. The molecule has 0 fully saturated rings. The highest BCUT2D eigenvalue weighted by atomic mass is 14.8. The van der Waals surface area contributed by atoms with Gasteiger partial charge in [0.25, 0.3) is 0 Å². The average molecular weight is 121 g/mol. The van der Waals surface area contributed by atoms with Gasteiger partial charge in [0.15, 0.2) is 0 Å². The SMILES string of the molecule is C=CC(=C=C=CC)NC. The Morgan fingerprint density at radius 2 is 2.33 bits per heavy atom. The number of nitrogens with one attached hydrogen (secondary N) is 1. The van der Waals surface area contributed by atoms with Gasteiger partial charge in [-0.1, -0.05) is 12.3 Å². The van der Waals surface area contributed by atoms with Crippen LogP contribution in [0.5, 0.6) is 0 Å². The molecule has 0 amide bonds. The lowest BCUT2D eigenvalue weighted by Gasteiger charge is -1.89. The van der Waals surface area contributed by atoms with Crippen molar-refractivity contribution in [2.75, 3.05) is 7.05 Å². The molecular weight excluding hydrogens is 110 g/mol. The third-order valence-electron chi connectivity index (χ3n) is 0.825. The summed E-state index contributed by atoms with van der Waals surface area (Å²) in [6.07, 6.45) is 3.48. The highest BCUT2D eigenvalue weighted by molar-refractivity contribution is 5.12. The first-order valence-corrected chi connectivity index (χ1v) is 2.81. The Morgan fingerprint density at radius 1 is 1.67 bits per heavy atom. The maximum Gasteiger partial charge on any atom is 0.0848 e. The molecule has 1 N–H and O–H groups in total. The summed E-state index contributed by atoms with van der Waals surface area (Å²) in [6, 6.07) is 0. The normalized spacial score (nSPS) is 6.44. The molecule has 0 rings (SSSR count). The van der Waals surface area contributed by atoms with Crippen LogP contribution >= 0.6 is 0 Å². The standard InChI is InChI=1S/C8H11N/c1-4-6-7-8(5-2)9-3/h4-5,9H,2H2,1,3H3. The maximum absolute atomic E-state index is 3.57. The Morgan fingerprint density at radius 3 is 2.67 bits per heavy atom. The Labute approximate surface area is 56.1 Å². The first-order chi connectivity index (χ1) is 4.35. The molecule has 0 saturated carbocycles. The zero-order valence-electron chi connectivity index (χ0n) is 5.86. The molecule has 0 heterocycles. The van der Waals surface area contributed by atoms with E-state index in [1.807, 2.05) is 14.0 Å². The molecule has 0 spiro atoms. The van der Waals surface area contributed by atoms with Crippen LogP contribution in [0.2, 0.25) is 0 Å². The molecule has 0 radical (unpaired) electrons. The molecule has 0 bridgehead atoms. The second-order valence-electron chi connectivity index (χ2n) is 1.43. The van der Waals surface area contributed by atoms with Crippen LogP contribution in [0.15, 0.2) is 35.9 Å². The van der Waals surface area contributed by atoms with Crippen molar-refractivity contribution in [1.29, 1.82) is 0 Å². The van der Waals surface area contributed by atoms with E-state index < -0.39 is 0 Å². The number of hydrogen-bond acceptors (Lipinski definition) is 1. The van der Waals surface area contributed by atoms with E-state index in [0.717, 1.165) is 5.70 Å². The summed E-state index contributed by atoms with van der Waals surface area (Å²) in [7, 11) is 1.82. The van der Waals surface area contributed by atoms with Crippen molar-refractivity contribution in [2.24, 2.45) is 0 Å². The fraction of sp³-hybridized carbons (Fsp3) is 0.250. The van der Waals surface area contributed by atoms with Gasteiger partial charge in [-0.25, -0.2) is 0 Å². The van der Waals surface area contributed by atoms with E-state index in [1.54, 1.807) is 12.2 Å². The van der Waals surface area contributed by atoms with Crippen LogP contribution in [-0.4, -0.2) is 7.05 Å². The second-order valence-corrected chi connectivity index (χ2v) is 1.43. The minimum atomic E-state index is 0.855. The molecule has 0 aliphatic heterocycles. The van der Waals surface area contributed by atoms with E-state index in [-0.39, 0.29) is 0 Å². The number of hydrogen-bond donors (Lipinski definition) is 1. The predicted octanol–water partition coefficient (Wildman–Crippen LogP) is 1.61. The highest BCUT2D eigenvalue weighted by Crippen LogP contribution is 1.81. The molecule has 48 valence electrons. The zero-order chi connectivity index (χ0) is 7.11. The Kier molecular flexibility index (Phi) is 4.34. The summed E-state index contributed by atoms with van der Waals surface area (Å²) in [4.78, 5) is 0. The lowest BCUT2D eigenvalue weighted by atomic mass is 10.4. The number of allylic oxidation sites excluding steroid dienone is 2. The fourth-order valence-corrected chi connectivity index (χ4v) is 0.366. The van der Waals surface area contributed by atoms with Gasteiger partial charge in [0.1, 0.15) is 0 Å². The summed E-state index contributed by atoms with van der Waals surface area (Å²) in [5.41, 5.74) is 6.51. The van der Waals surface area contributed by atoms with Gasteiger partial charge in [-0.05, 0) is 24.8 Å². The van der Waals surface area contributed by atoms with E-state index in [4.69, 9.17) is 0 Å². The van der Waals surface area contributed by atoms with Gasteiger partial charge in [0, 0.05) is 7.05 Å². The van der Waals surface area contributed by atoms with Gasteiger partial charge >= 0.3 is 0 Å². The maximum atomic E-state index is 3.57. The van der Waals surface area contributed by atoms with Crippen molar-refractivity contribution in [2.45, 2.75) is 6.92 Å². The van der Waals surface area contributed by atoms with Gasteiger partial charge in [-0.3, -0.25) is 0 Å². The first-order valence-electron chi connectivity index (χ1n) is 2.81. The molecule has 1 nitrogen and oxygen atoms in total. The molecule has 0 aromatic carbocycles. The minimum absolute atomic E-state index is 0.855. The largest absolute Gasteiger partial charge is 0.381 e. The monoisotopic (exact) mass is 121 g/mol. The van der Waals surface area contributed by atoms with Gasteiger partial charge < -0.3 is 5.32 Å². The smallest absolute Gasteiger partial charge is 0.0848 e. The lowest BCUT2D eigenvalue weighted by molar-refractivity contribution is 1.04. The van der Waals surface area contributed by atoms with Gasteiger partial charge in [-0.15, -0.1) is 0 Å². The van der Waals surface area contributed by atoms with Crippen LogP contribution in [0.25, 0.3) is 0 Å².